The van der Waals surface area contributed by atoms with Gasteiger partial charge in [-0.25, -0.2) is 4.79 Å². The third-order valence-corrected chi connectivity index (χ3v) is 2.59. The Bertz CT molecular complexity index is 646. The van der Waals surface area contributed by atoms with Crippen LogP contribution in [0.5, 0.6) is 0 Å². The second-order valence-corrected chi connectivity index (χ2v) is 4.11. The monoisotopic (exact) mass is 283 g/mol. The highest BCUT2D eigenvalue weighted by Gasteiger charge is 2.32. The number of alkyl halides is 3. The summed E-state index contributed by atoms with van der Waals surface area (Å²) in [6, 6.07) is 5.02. The zero-order chi connectivity index (χ0) is 14.8. The van der Waals surface area contributed by atoms with E-state index in [1.165, 1.54) is 24.3 Å². The molecular formula is C13H12F3N3O. The van der Waals surface area contributed by atoms with Gasteiger partial charge in [-0.15, -0.1) is 6.58 Å². The number of H-pyrrole nitrogens is 1. The summed E-state index contributed by atoms with van der Waals surface area (Å²) >= 11 is 0. The Labute approximate surface area is 112 Å². The van der Waals surface area contributed by atoms with Crippen LogP contribution < -0.4 is 10.6 Å². The molecule has 2 rings (SSSR count). The van der Waals surface area contributed by atoms with Crippen LogP contribution in [0.1, 0.15) is 5.69 Å². The predicted octanol–water partition coefficient (Wildman–Crippen LogP) is 3.49. The van der Waals surface area contributed by atoms with Gasteiger partial charge in [-0.05, 0) is 24.3 Å². The highest BCUT2D eigenvalue weighted by molar-refractivity contribution is 5.93. The fourth-order valence-corrected chi connectivity index (χ4v) is 1.70. The number of hydrogen-bond donors (Lipinski definition) is 3. The first-order valence-corrected chi connectivity index (χ1v) is 5.76. The largest absolute Gasteiger partial charge is 0.431 e. The zero-order valence-corrected chi connectivity index (χ0v) is 10.3. The summed E-state index contributed by atoms with van der Waals surface area (Å²) in [6.07, 6.45) is -2.90. The van der Waals surface area contributed by atoms with Gasteiger partial charge in [-0.3, -0.25) is 0 Å². The van der Waals surface area contributed by atoms with E-state index in [1.54, 1.807) is 0 Å². The minimum absolute atomic E-state index is 0.302. The molecule has 0 atom stereocenters. The second kappa shape index (κ2) is 5.28. The third-order valence-electron chi connectivity index (χ3n) is 2.59. The number of nitrogens with one attached hydrogen (secondary N) is 3. The summed E-state index contributed by atoms with van der Waals surface area (Å²) in [5.74, 6) is 0. The van der Waals surface area contributed by atoms with Crippen molar-refractivity contribution in [2.24, 2.45) is 0 Å². The molecule has 0 radical (unpaired) electrons. The molecule has 3 N–H and O–H groups in total. The number of carbonyl (C=O) groups excluding carboxylic acids is 1. The number of rotatable bonds is 3. The first-order valence-electron chi connectivity index (χ1n) is 5.76. The van der Waals surface area contributed by atoms with E-state index >= 15 is 0 Å². The summed E-state index contributed by atoms with van der Waals surface area (Å²) < 4.78 is 37.7. The van der Waals surface area contributed by atoms with Crippen molar-refractivity contribution in [3.63, 3.8) is 0 Å². The molecular weight excluding hydrogens is 271 g/mol. The number of aromatic nitrogens is 1. The molecule has 1 aromatic heterocycles. The molecule has 2 amide bonds. The lowest BCUT2D eigenvalue weighted by molar-refractivity contribution is -0.140. The average molecular weight is 283 g/mol. The van der Waals surface area contributed by atoms with Crippen LogP contribution in [0.2, 0.25) is 0 Å². The van der Waals surface area contributed by atoms with Crippen molar-refractivity contribution in [2.45, 2.75) is 6.18 Å². The SMILES string of the molecule is C=CCNC(=O)Nc1ccc2[nH]c(C(F)(F)F)cc2c1. The molecule has 0 aliphatic rings. The number of hydrogen-bond acceptors (Lipinski definition) is 1. The molecule has 106 valence electrons. The van der Waals surface area contributed by atoms with Crippen LogP contribution in [0.25, 0.3) is 10.9 Å². The highest BCUT2D eigenvalue weighted by atomic mass is 19.4. The molecule has 7 heteroatoms. The summed E-state index contributed by atoms with van der Waals surface area (Å²) in [7, 11) is 0. The molecule has 1 aromatic carbocycles. The van der Waals surface area contributed by atoms with Crippen molar-refractivity contribution in [1.82, 2.24) is 10.3 Å². The summed E-state index contributed by atoms with van der Waals surface area (Å²) in [5.41, 5.74) is -0.0538. The number of halogens is 3. The number of fused-ring (bicyclic) bond motifs is 1. The molecule has 0 saturated heterocycles. The smallest absolute Gasteiger partial charge is 0.351 e. The van der Waals surface area contributed by atoms with Gasteiger partial charge in [0.25, 0.3) is 0 Å². The predicted molar refractivity (Wildman–Crippen MR) is 70.5 cm³/mol. The summed E-state index contributed by atoms with van der Waals surface area (Å²) in [5, 5.41) is 5.40. The quantitative estimate of drug-likeness (QED) is 0.742. The van der Waals surface area contributed by atoms with Crippen LogP contribution in [-0.2, 0) is 6.18 Å². The molecule has 0 saturated carbocycles. The first kappa shape index (κ1) is 14.0. The Morgan fingerprint density at radius 2 is 2.10 bits per heavy atom. The van der Waals surface area contributed by atoms with Gasteiger partial charge in [0.15, 0.2) is 0 Å². The van der Waals surface area contributed by atoms with E-state index in [0.717, 1.165) is 6.07 Å². The average Bonchev–Trinajstić information content (AvgIpc) is 2.79. The van der Waals surface area contributed by atoms with Gasteiger partial charge in [0, 0.05) is 23.1 Å². The fraction of sp³-hybridized carbons (Fsp3) is 0.154. The van der Waals surface area contributed by atoms with Gasteiger partial charge in [0.1, 0.15) is 5.69 Å². The van der Waals surface area contributed by atoms with Crippen molar-refractivity contribution in [2.75, 3.05) is 11.9 Å². The van der Waals surface area contributed by atoms with Crippen LogP contribution in [0.4, 0.5) is 23.7 Å². The number of amides is 2. The molecule has 0 unspecified atom stereocenters. The number of aromatic amines is 1. The van der Waals surface area contributed by atoms with E-state index in [4.69, 9.17) is 0 Å². The van der Waals surface area contributed by atoms with Crippen LogP contribution in [-0.4, -0.2) is 17.6 Å². The standard InChI is InChI=1S/C13H12F3N3O/c1-2-5-17-12(20)18-9-3-4-10-8(6-9)7-11(19-10)13(14,15)16/h2-4,6-7,19H,1,5H2,(H2,17,18,20). The maximum absolute atomic E-state index is 12.6. The van der Waals surface area contributed by atoms with Crippen molar-refractivity contribution in [1.29, 1.82) is 0 Å². The lowest BCUT2D eigenvalue weighted by atomic mass is 10.2. The fourth-order valence-electron chi connectivity index (χ4n) is 1.70. The Hall–Kier alpha value is -2.44. The maximum Gasteiger partial charge on any atom is 0.431 e. The van der Waals surface area contributed by atoms with Crippen molar-refractivity contribution in [3.05, 3.63) is 42.6 Å². The Balaban J connectivity index is 2.21. The van der Waals surface area contributed by atoms with Crippen LogP contribution >= 0.6 is 0 Å². The van der Waals surface area contributed by atoms with E-state index < -0.39 is 17.9 Å². The summed E-state index contributed by atoms with van der Waals surface area (Å²) in [6.45, 7) is 3.76. The van der Waals surface area contributed by atoms with E-state index in [0.29, 0.717) is 23.1 Å². The summed E-state index contributed by atoms with van der Waals surface area (Å²) in [4.78, 5) is 13.7. The highest BCUT2D eigenvalue weighted by Crippen LogP contribution is 2.31. The Kier molecular flexibility index (Phi) is 3.69. The molecule has 4 nitrogen and oxygen atoms in total. The van der Waals surface area contributed by atoms with E-state index in [-0.39, 0.29) is 0 Å². The van der Waals surface area contributed by atoms with Gasteiger partial charge < -0.3 is 15.6 Å². The molecule has 0 spiro atoms. The number of anilines is 1. The van der Waals surface area contributed by atoms with E-state index in [1.807, 2.05) is 0 Å². The normalized spacial score (nSPS) is 11.3. The van der Waals surface area contributed by atoms with Crippen molar-refractivity contribution in [3.8, 4) is 0 Å². The molecule has 2 aromatic rings. The van der Waals surface area contributed by atoms with Crippen LogP contribution in [0.15, 0.2) is 36.9 Å². The van der Waals surface area contributed by atoms with Gasteiger partial charge >= 0.3 is 12.2 Å². The number of carbonyl (C=O) groups is 1. The van der Waals surface area contributed by atoms with Crippen molar-refractivity contribution >= 4 is 22.6 Å². The number of benzene rings is 1. The lowest BCUT2D eigenvalue weighted by Gasteiger charge is -2.05. The first-order chi connectivity index (χ1) is 9.40. The molecule has 1 heterocycles. The lowest BCUT2D eigenvalue weighted by Crippen LogP contribution is -2.28. The van der Waals surface area contributed by atoms with Gasteiger partial charge in [0.2, 0.25) is 0 Å². The second-order valence-electron chi connectivity index (χ2n) is 4.11. The minimum Gasteiger partial charge on any atom is -0.351 e. The van der Waals surface area contributed by atoms with Crippen LogP contribution in [0.3, 0.4) is 0 Å². The molecule has 0 aliphatic carbocycles. The molecule has 0 bridgehead atoms. The Morgan fingerprint density at radius 3 is 2.75 bits per heavy atom. The number of urea groups is 1. The molecule has 0 aliphatic heterocycles. The van der Waals surface area contributed by atoms with Gasteiger partial charge in [-0.2, -0.15) is 13.2 Å². The molecule has 0 fully saturated rings. The van der Waals surface area contributed by atoms with Gasteiger partial charge in [0.05, 0.1) is 0 Å². The topological polar surface area (TPSA) is 56.9 Å². The maximum atomic E-state index is 12.6. The van der Waals surface area contributed by atoms with Gasteiger partial charge in [-0.1, -0.05) is 6.08 Å². The van der Waals surface area contributed by atoms with E-state index in [2.05, 4.69) is 22.2 Å². The zero-order valence-electron chi connectivity index (χ0n) is 10.3. The molecule has 20 heavy (non-hydrogen) atoms. The van der Waals surface area contributed by atoms with E-state index in [9.17, 15) is 18.0 Å². The van der Waals surface area contributed by atoms with Crippen LogP contribution in [0, 0.1) is 0 Å². The van der Waals surface area contributed by atoms with Crippen molar-refractivity contribution < 1.29 is 18.0 Å². The minimum atomic E-state index is -4.42. The Morgan fingerprint density at radius 1 is 1.35 bits per heavy atom. The third kappa shape index (κ3) is 3.11.